The minimum atomic E-state index is -0.954. The summed E-state index contributed by atoms with van der Waals surface area (Å²) in [6, 6.07) is 3.59. The summed E-state index contributed by atoms with van der Waals surface area (Å²) in [6.07, 6.45) is 5.75. The standard InChI is InChI=1S/C13H18N2O3/c1-14-8-4-7-11(14)13(18)15(9-12(16)17)10-5-2-3-6-10/h4,7-8,10H,2-3,5-6,9H2,1H3,(H,16,17). The van der Waals surface area contributed by atoms with Crippen molar-refractivity contribution in [1.29, 1.82) is 0 Å². The van der Waals surface area contributed by atoms with E-state index in [-0.39, 0.29) is 18.5 Å². The highest BCUT2D eigenvalue weighted by Gasteiger charge is 2.29. The number of nitrogens with zero attached hydrogens (tertiary/aromatic N) is 2. The number of carboxylic acid groups (broad SMARTS) is 1. The average molecular weight is 250 g/mol. The predicted molar refractivity (Wildman–Crippen MR) is 66.3 cm³/mol. The van der Waals surface area contributed by atoms with Crippen molar-refractivity contribution in [2.75, 3.05) is 6.54 Å². The lowest BCUT2D eigenvalue weighted by atomic mass is 10.2. The monoisotopic (exact) mass is 250 g/mol. The first-order valence-electron chi connectivity index (χ1n) is 6.23. The van der Waals surface area contributed by atoms with E-state index >= 15 is 0 Å². The van der Waals surface area contributed by atoms with Gasteiger partial charge in [0.2, 0.25) is 0 Å². The number of carbonyl (C=O) groups excluding carboxylic acids is 1. The summed E-state index contributed by atoms with van der Waals surface area (Å²) < 4.78 is 1.73. The first kappa shape index (κ1) is 12.7. The molecule has 5 heteroatoms. The van der Waals surface area contributed by atoms with Gasteiger partial charge in [-0.25, -0.2) is 0 Å². The quantitative estimate of drug-likeness (QED) is 0.880. The van der Waals surface area contributed by atoms with E-state index in [1.54, 1.807) is 29.9 Å². The van der Waals surface area contributed by atoms with Crippen LogP contribution in [0.25, 0.3) is 0 Å². The van der Waals surface area contributed by atoms with Crippen LogP contribution in [-0.4, -0.2) is 39.0 Å². The van der Waals surface area contributed by atoms with E-state index in [9.17, 15) is 9.59 Å². The molecule has 0 spiro atoms. The number of amides is 1. The lowest BCUT2D eigenvalue weighted by Crippen LogP contribution is -2.42. The van der Waals surface area contributed by atoms with E-state index < -0.39 is 5.97 Å². The predicted octanol–water partition coefficient (Wildman–Crippen LogP) is 1.49. The molecule has 5 nitrogen and oxygen atoms in total. The molecule has 1 aromatic heterocycles. The molecule has 2 rings (SSSR count). The van der Waals surface area contributed by atoms with Gasteiger partial charge < -0.3 is 14.6 Å². The third kappa shape index (κ3) is 2.55. The molecule has 1 saturated carbocycles. The van der Waals surface area contributed by atoms with Crippen LogP contribution < -0.4 is 0 Å². The molecule has 98 valence electrons. The molecular weight excluding hydrogens is 232 g/mol. The first-order valence-corrected chi connectivity index (χ1v) is 6.23. The van der Waals surface area contributed by atoms with Gasteiger partial charge >= 0.3 is 5.97 Å². The summed E-state index contributed by atoms with van der Waals surface area (Å²) in [5.74, 6) is -1.14. The Hall–Kier alpha value is -1.78. The minimum absolute atomic E-state index is 0.0727. The smallest absolute Gasteiger partial charge is 0.323 e. The number of carbonyl (C=O) groups is 2. The zero-order valence-electron chi connectivity index (χ0n) is 10.5. The summed E-state index contributed by atoms with van der Waals surface area (Å²) in [7, 11) is 1.79. The van der Waals surface area contributed by atoms with Crippen LogP contribution in [0.2, 0.25) is 0 Å². The van der Waals surface area contributed by atoms with Gasteiger partial charge in [-0.05, 0) is 25.0 Å². The molecule has 0 bridgehead atoms. The SMILES string of the molecule is Cn1cccc1C(=O)N(CC(=O)O)C1CCCC1. The van der Waals surface area contributed by atoms with E-state index in [4.69, 9.17) is 5.11 Å². The molecule has 1 amide bonds. The topological polar surface area (TPSA) is 62.5 Å². The highest BCUT2D eigenvalue weighted by Crippen LogP contribution is 2.24. The second kappa shape index (κ2) is 5.25. The Labute approximate surface area is 106 Å². The van der Waals surface area contributed by atoms with Crippen molar-refractivity contribution in [3.05, 3.63) is 24.0 Å². The molecule has 1 aliphatic carbocycles. The highest BCUT2D eigenvalue weighted by atomic mass is 16.4. The Morgan fingerprint density at radius 2 is 2.11 bits per heavy atom. The number of aryl methyl sites for hydroxylation is 1. The van der Waals surface area contributed by atoms with Crippen molar-refractivity contribution < 1.29 is 14.7 Å². The third-order valence-corrected chi connectivity index (χ3v) is 3.49. The molecule has 0 radical (unpaired) electrons. The summed E-state index contributed by atoms with van der Waals surface area (Å²) in [4.78, 5) is 24.8. The van der Waals surface area contributed by atoms with Crippen LogP contribution in [0.15, 0.2) is 18.3 Å². The normalized spacial score (nSPS) is 15.8. The number of rotatable bonds is 4. The Kier molecular flexibility index (Phi) is 3.69. The molecule has 1 aromatic rings. The second-order valence-corrected chi connectivity index (χ2v) is 4.77. The summed E-state index contributed by atoms with van der Waals surface area (Å²) in [5, 5.41) is 8.96. The number of carboxylic acids is 1. The van der Waals surface area contributed by atoms with Gasteiger partial charge in [0.25, 0.3) is 5.91 Å². The van der Waals surface area contributed by atoms with Crippen molar-refractivity contribution in [3.8, 4) is 0 Å². The fraction of sp³-hybridized carbons (Fsp3) is 0.538. The summed E-state index contributed by atoms with van der Waals surface area (Å²) in [5.41, 5.74) is 0.545. The van der Waals surface area contributed by atoms with Gasteiger partial charge in [-0.3, -0.25) is 9.59 Å². The van der Waals surface area contributed by atoms with Crippen LogP contribution in [0.1, 0.15) is 36.2 Å². The number of hydrogen-bond donors (Lipinski definition) is 1. The van der Waals surface area contributed by atoms with Crippen LogP contribution in [0.5, 0.6) is 0 Å². The lowest BCUT2D eigenvalue weighted by Gasteiger charge is -2.27. The maximum absolute atomic E-state index is 12.4. The molecule has 0 unspecified atom stereocenters. The molecule has 1 aliphatic rings. The van der Waals surface area contributed by atoms with Crippen LogP contribution in [-0.2, 0) is 11.8 Å². The summed E-state index contributed by atoms with van der Waals surface area (Å²) in [6.45, 7) is -0.214. The number of hydrogen-bond acceptors (Lipinski definition) is 2. The molecule has 0 aromatic carbocycles. The molecule has 18 heavy (non-hydrogen) atoms. The molecule has 1 fully saturated rings. The largest absolute Gasteiger partial charge is 0.480 e. The van der Waals surface area contributed by atoms with E-state index in [0.29, 0.717) is 5.69 Å². The zero-order valence-corrected chi connectivity index (χ0v) is 10.5. The lowest BCUT2D eigenvalue weighted by molar-refractivity contribution is -0.138. The van der Waals surface area contributed by atoms with E-state index in [2.05, 4.69) is 0 Å². The van der Waals surface area contributed by atoms with Gasteiger partial charge in [-0.2, -0.15) is 0 Å². The van der Waals surface area contributed by atoms with Gasteiger partial charge in [0.05, 0.1) is 0 Å². The zero-order chi connectivity index (χ0) is 13.1. The first-order chi connectivity index (χ1) is 8.59. The van der Waals surface area contributed by atoms with Crippen molar-refractivity contribution in [2.45, 2.75) is 31.7 Å². The molecule has 0 aliphatic heterocycles. The van der Waals surface area contributed by atoms with Crippen LogP contribution >= 0.6 is 0 Å². The van der Waals surface area contributed by atoms with Gasteiger partial charge in [0.15, 0.2) is 0 Å². The molecule has 0 saturated heterocycles. The van der Waals surface area contributed by atoms with Gasteiger partial charge in [0.1, 0.15) is 12.2 Å². The minimum Gasteiger partial charge on any atom is -0.480 e. The van der Waals surface area contributed by atoms with Gasteiger partial charge in [0, 0.05) is 19.3 Å². The highest BCUT2D eigenvalue weighted by molar-refractivity contribution is 5.94. The Morgan fingerprint density at radius 3 is 2.61 bits per heavy atom. The molecule has 1 N–H and O–H groups in total. The summed E-state index contributed by atoms with van der Waals surface area (Å²) >= 11 is 0. The fourth-order valence-electron chi connectivity index (χ4n) is 2.56. The maximum Gasteiger partial charge on any atom is 0.323 e. The Morgan fingerprint density at radius 1 is 1.44 bits per heavy atom. The van der Waals surface area contributed by atoms with Crippen molar-refractivity contribution >= 4 is 11.9 Å². The molecule has 1 heterocycles. The molecular formula is C13H18N2O3. The third-order valence-electron chi connectivity index (χ3n) is 3.49. The van der Waals surface area contributed by atoms with E-state index in [0.717, 1.165) is 25.7 Å². The fourth-order valence-corrected chi connectivity index (χ4v) is 2.56. The van der Waals surface area contributed by atoms with Crippen molar-refractivity contribution in [2.24, 2.45) is 7.05 Å². The number of aromatic nitrogens is 1. The van der Waals surface area contributed by atoms with Gasteiger partial charge in [-0.1, -0.05) is 12.8 Å². The van der Waals surface area contributed by atoms with E-state index in [1.807, 2.05) is 0 Å². The maximum atomic E-state index is 12.4. The second-order valence-electron chi connectivity index (χ2n) is 4.77. The van der Waals surface area contributed by atoms with Gasteiger partial charge in [-0.15, -0.1) is 0 Å². The average Bonchev–Trinajstić information content (AvgIpc) is 2.95. The molecule has 0 atom stereocenters. The van der Waals surface area contributed by atoms with Crippen LogP contribution in [0.4, 0.5) is 0 Å². The van der Waals surface area contributed by atoms with E-state index in [1.165, 1.54) is 4.90 Å². The van der Waals surface area contributed by atoms with Crippen LogP contribution in [0, 0.1) is 0 Å². The van der Waals surface area contributed by atoms with Crippen molar-refractivity contribution in [3.63, 3.8) is 0 Å². The van der Waals surface area contributed by atoms with Crippen LogP contribution in [0.3, 0.4) is 0 Å². The number of aliphatic carboxylic acids is 1. The van der Waals surface area contributed by atoms with Crippen molar-refractivity contribution in [1.82, 2.24) is 9.47 Å². The Bertz CT molecular complexity index is 447. The Balaban J connectivity index is 2.20.